The third-order valence-electron chi connectivity index (χ3n) is 4.54. The van der Waals surface area contributed by atoms with Gasteiger partial charge < -0.3 is 15.5 Å². The quantitative estimate of drug-likeness (QED) is 0.271. The molecule has 0 aromatic heterocycles. The van der Waals surface area contributed by atoms with Crippen molar-refractivity contribution in [1.82, 2.24) is 0 Å². The molecular formula is C20H34NO3P. The molecule has 0 radical (unpaired) electrons. The number of rotatable bonds is 11. The van der Waals surface area contributed by atoms with Crippen molar-refractivity contribution in [2.45, 2.75) is 58.8 Å². The first-order valence-electron chi connectivity index (χ1n) is 9.34. The zero-order valence-corrected chi connectivity index (χ0v) is 16.5. The predicted molar refractivity (Wildman–Crippen MR) is 106 cm³/mol. The van der Waals surface area contributed by atoms with E-state index in [0.717, 1.165) is 19.3 Å². The minimum Gasteiger partial charge on any atom is -0.402 e. The minimum absolute atomic E-state index is 0.178. The monoisotopic (exact) mass is 367 g/mol. The van der Waals surface area contributed by atoms with E-state index in [-0.39, 0.29) is 12.6 Å². The maximum absolute atomic E-state index is 10.8. The molecule has 142 valence electrons. The molecule has 0 aromatic rings. The van der Waals surface area contributed by atoms with Crippen molar-refractivity contribution in [3.8, 4) is 0 Å². The van der Waals surface area contributed by atoms with Gasteiger partial charge in [-0.3, -0.25) is 4.57 Å². The van der Waals surface area contributed by atoms with E-state index in [1.165, 1.54) is 24.8 Å². The summed E-state index contributed by atoms with van der Waals surface area (Å²) < 4.78 is 10.8. The van der Waals surface area contributed by atoms with Gasteiger partial charge in [0.25, 0.3) is 0 Å². The predicted octanol–water partition coefficient (Wildman–Crippen LogP) is 5.06. The molecule has 0 saturated carbocycles. The van der Waals surface area contributed by atoms with Crippen LogP contribution < -0.4 is 5.73 Å². The van der Waals surface area contributed by atoms with Crippen LogP contribution >= 0.6 is 7.60 Å². The second kappa shape index (κ2) is 11.5. The van der Waals surface area contributed by atoms with Crippen LogP contribution in [0.2, 0.25) is 0 Å². The lowest BCUT2D eigenvalue weighted by Gasteiger charge is -2.22. The molecule has 25 heavy (non-hydrogen) atoms. The smallest absolute Gasteiger partial charge is 0.325 e. The number of allylic oxidation sites excluding steroid dienone is 8. The molecule has 1 rings (SSSR count). The van der Waals surface area contributed by atoms with Gasteiger partial charge in [-0.1, -0.05) is 68.7 Å². The van der Waals surface area contributed by atoms with Crippen molar-refractivity contribution in [3.05, 3.63) is 47.7 Å². The molecule has 1 aliphatic carbocycles. The van der Waals surface area contributed by atoms with E-state index in [2.05, 4.69) is 44.2 Å². The van der Waals surface area contributed by atoms with Gasteiger partial charge in [0.2, 0.25) is 0 Å². The van der Waals surface area contributed by atoms with Crippen molar-refractivity contribution < 1.29 is 14.4 Å². The van der Waals surface area contributed by atoms with E-state index < -0.39 is 7.60 Å². The Labute approximate surface area is 152 Å². The average molecular weight is 367 g/mol. The summed E-state index contributed by atoms with van der Waals surface area (Å²) in [6, 6.07) is 0. The summed E-state index contributed by atoms with van der Waals surface area (Å²) in [4.78, 5) is 17.7. The summed E-state index contributed by atoms with van der Waals surface area (Å²) in [7, 11) is -3.96. The van der Waals surface area contributed by atoms with Crippen molar-refractivity contribution in [1.29, 1.82) is 0 Å². The Kier molecular flexibility index (Phi) is 10.1. The molecule has 5 heteroatoms. The molecule has 0 heterocycles. The summed E-state index contributed by atoms with van der Waals surface area (Å²) >= 11 is 0. The fraction of sp³-hybridized carbons (Fsp3) is 0.600. The fourth-order valence-electron chi connectivity index (χ4n) is 2.89. The molecule has 2 atom stereocenters. The summed E-state index contributed by atoms with van der Waals surface area (Å²) in [6.07, 6.45) is 19.9. The highest BCUT2D eigenvalue weighted by atomic mass is 31.2. The second-order valence-electron chi connectivity index (χ2n) is 6.93. The normalized spacial score (nSPS) is 21.8. The molecule has 0 aliphatic heterocycles. The van der Waals surface area contributed by atoms with Gasteiger partial charge in [0, 0.05) is 5.70 Å². The largest absolute Gasteiger partial charge is 0.402 e. The molecule has 0 amide bonds. The van der Waals surface area contributed by atoms with Gasteiger partial charge in [-0.2, -0.15) is 0 Å². The number of hydrogen-bond acceptors (Lipinski definition) is 2. The number of hydrogen-bond donors (Lipinski definition) is 3. The number of unbranched alkanes of at least 4 members (excludes halogenated alkanes) is 2. The Balaban J connectivity index is 2.35. The molecule has 2 unspecified atom stereocenters. The summed E-state index contributed by atoms with van der Waals surface area (Å²) in [5.41, 5.74) is 7.69. The van der Waals surface area contributed by atoms with E-state index in [0.29, 0.717) is 17.5 Å². The lowest BCUT2D eigenvalue weighted by atomic mass is 9.84. The van der Waals surface area contributed by atoms with Crippen LogP contribution in [0.5, 0.6) is 0 Å². The molecule has 0 saturated heterocycles. The van der Waals surface area contributed by atoms with E-state index in [4.69, 9.17) is 15.5 Å². The van der Waals surface area contributed by atoms with Crippen LogP contribution in [0.15, 0.2) is 47.7 Å². The van der Waals surface area contributed by atoms with Crippen molar-refractivity contribution in [2.24, 2.45) is 17.6 Å². The van der Waals surface area contributed by atoms with E-state index in [1.54, 1.807) is 0 Å². The maximum Gasteiger partial charge on any atom is 0.325 e. The molecule has 0 aromatic carbocycles. The van der Waals surface area contributed by atoms with Gasteiger partial charge in [-0.15, -0.1) is 0 Å². The first-order chi connectivity index (χ1) is 11.8. The first-order valence-corrected chi connectivity index (χ1v) is 11.1. The molecule has 4 nitrogen and oxygen atoms in total. The average Bonchev–Trinajstić information content (AvgIpc) is 2.54. The van der Waals surface area contributed by atoms with E-state index >= 15 is 0 Å². The van der Waals surface area contributed by atoms with Crippen LogP contribution in [-0.2, 0) is 4.57 Å². The fourth-order valence-corrected chi connectivity index (χ4v) is 3.44. The second-order valence-corrected chi connectivity index (χ2v) is 8.71. The topological polar surface area (TPSA) is 83.6 Å². The van der Waals surface area contributed by atoms with Crippen LogP contribution in [0.25, 0.3) is 0 Å². The van der Waals surface area contributed by atoms with Gasteiger partial charge >= 0.3 is 7.60 Å². The minimum atomic E-state index is -3.96. The SMILES string of the molecule is CCCC/C=C/CC1C=CC(CC/C=C(\N)CCP(=O)(O)O)=CC1C. The van der Waals surface area contributed by atoms with Crippen LogP contribution in [0, 0.1) is 11.8 Å². The standard InChI is InChI=1S/C20H34NO3P/c1-3-4-5-6-7-10-19-13-12-18(16-17(19)2)9-8-11-20(21)14-15-25(22,23)24/h6-7,11-13,16-17,19H,3-5,8-10,14-15,21H2,1-2H3,(H2,22,23,24)/b7-6+,20-11-. The van der Waals surface area contributed by atoms with E-state index in [1.807, 2.05) is 6.08 Å². The Morgan fingerprint density at radius 1 is 1.32 bits per heavy atom. The van der Waals surface area contributed by atoms with Gasteiger partial charge in [-0.25, -0.2) is 0 Å². The zero-order chi connectivity index (χ0) is 18.7. The summed E-state index contributed by atoms with van der Waals surface area (Å²) in [5, 5.41) is 0. The molecule has 0 spiro atoms. The molecule has 0 fully saturated rings. The highest BCUT2D eigenvalue weighted by Crippen LogP contribution is 2.35. The Morgan fingerprint density at radius 2 is 2.08 bits per heavy atom. The Bertz CT molecular complexity index is 557. The molecular weight excluding hydrogens is 333 g/mol. The lowest BCUT2D eigenvalue weighted by molar-refractivity contribution is 0.373. The lowest BCUT2D eigenvalue weighted by Crippen LogP contribution is -2.10. The van der Waals surface area contributed by atoms with Crippen molar-refractivity contribution >= 4 is 7.60 Å². The summed E-state index contributed by atoms with van der Waals surface area (Å²) in [6.45, 7) is 4.48. The van der Waals surface area contributed by atoms with Crippen LogP contribution in [-0.4, -0.2) is 15.9 Å². The van der Waals surface area contributed by atoms with Gasteiger partial charge in [0.1, 0.15) is 0 Å². The Hall–Kier alpha value is -1.09. The third-order valence-corrected chi connectivity index (χ3v) is 5.35. The van der Waals surface area contributed by atoms with Crippen LogP contribution in [0.3, 0.4) is 0 Å². The molecule has 4 N–H and O–H groups in total. The van der Waals surface area contributed by atoms with E-state index in [9.17, 15) is 4.57 Å². The highest BCUT2D eigenvalue weighted by Gasteiger charge is 2.15. The first kappa shape index (κ1) is 22.0. The summed E-state index contributed by atoms with van der Waals surface area (Å²) in [5.74, 6) is 1.11. The molecule has 0 bridgehead atoms. The van der Waals surface area contributed by atoms with Gasteiger partial charge in [-0.05, 0) is 43.9 Å². The zero-order valence-electron chi connectivity index (χ0n) is 15.6. The van der Waals surface area contributed by atoms with Gasteiger partial charge in [0.15, 0.2) is 0 Å². The maximum atomic E-state index is 10.8. The Morgan fingerprint density at radius 3 is 2.72 bits per heavy atom. The molecule has 1 aliphatic rings. The van der Waals surface area contributed by atoms with Gasteiger partial charge in [0.05, 0.1) is 6.16 Å². The van der Waals surface area contributed by atoms with Crippen LogP contribution in [0.4, 0.5) is 0 Å². The third kappa shape index (κ3) is 10.5. The number of nitrogens with two attached hydrogens (primary N) is 1. The van der Waals surface area contributed by atoms with Crippen molar-refractivity contribution in [2.75, 3.05) is 6.16 Å². The van der Waals surface area contributed by atoms with Crippen LogP contribution in [0.1, 0.15) is 58.8 Å². The highest BCUT2D eigenvalue weighted by molar-refractivity contribution is 7.51. The van der Waals surface area contributed by atoms with Crippen molar-refractivity contribution in [3.63, 3.8) is 0 Å².